The van der Waals surface area contributed by atoms with E-state index >= 15 is 0 Å². The Morgan fingerprint density at radius 3 is 2.39 bits per heavy atom. The van der Waals surface area contributed by atoms with Crippen molar-refractivity contribution in [1.82, 2.24) is 10.2 Å². The van der Waals surface area contributed by atoms with E-state index in [1.54, 1.807) is 0 Å². The van der Waals surface area contributed by atoms with Gasteiger partial charge in [-0.1, -0.05) is 13.8 Å². The molecular weight excluding hydrogens is 224 g/mol. The quantitative estimate of drug-likeness (QED) is 0.642. The van der Waals surface area contributed by atoms with Gasteiger partial charge in [-0.2, -0.15) is 0 Å². The highest BCUT2D eigenvalue weighted by atomic mass is 16.5. The zero-order valence-electron chi connectivity index (χ0n) is 12.8. The molecule has 1 aliphatic heterocycles. The molecule has 1 rings (SSSR count). The minimum atomic E-state index is 0.194. The van der Waals surface area contributed by atoms with Crippen LogP contribution in [0.2, 0.25) is 0 Å². The molecule has 0 aromatic carbocycles. The third-order valence-corrected chi connectivity index (χ3v) is 4.05. The van der Waals surface area contributed by atoms with Crippen molar-refractivity contribution in [1.29, 1.82) is 0 Å². The van der Waals surface area contributed by atoms with Gasteiger partial charge in [-0.05, 0) is 59.2 Å². The van der Waals surface area contributed by atoms with E-state index in [0.29, 0.717) is 6.04 Å². The summed E-state index contributed by atoms with van der Waals surface area (Å²) in [5.74, 6) is 0. The molecule has 0 spiro atoms. The molecule has 1 heterocycles. The number of nitrogens with zero attached hydrogens (tertiary/aromatic N) is 1. The van der Waals surface area contributed by atoms with Crippen molar-refractivity contribution in [2.24, 2.45) is 0 Å². The topological polar surface area (TPSA) is 24.5 Å². The van der Waals surface area contributed by atoms with Gasteiger partial charge in [-0.25, -0.2) is 0 Å². The van der Waals surface area contributed by atoms with Crippen molar-refractivity contribution in [2.45, 2.75) is 65.0 Å². The molecule has 0 aromatic rings. The van der Waals surface area contributed by atoms with E-state index in [9.17, 15) is 0 Å². The van der Waals surface area contributed by atoms with Crippen molar-refractivity contribution < 1.29 is 4.74 Å². The molecular formula is C15H32N2O. The first-order valence-electron chi connectivity index (χ1n) is 7.69. The Morgan fingerprint density at radius 1 is 1.17 bits per heavy atom. The van der Waals surface area contributed by atoms with Crippen LogP contribution in [0.1, 0.15) is 53.4 Å². The number of hydrogen-bond acceptors (Lipinski definition) is 3. The molecule has 3 nitrogen and oxygen atoms in total. The lowest BCUT2D eigenvalue weighted by atomic mass is 9.93. The maximum atomic E-state index is 5.80. The van der Waals surface area contributed by atoms with Crippen molar-refractivity contribution in [3.05, 3.63) is 0 Å². The summed E-state index contributed by atoms with van der Waals surface area (Å²) in [6.45, 7) is 14.4. The minimum Gasteiger partial charge on any atom is -0.380 e. The fraction of sp³-hybridized carbons (Fsp3) is 1.00. The van der Waals surface area contributed by atoms with Gasteiger partial charge in [-0.3, -0.25) is 4.90 Å². The highest BCUT2D eigenvalue weighted by Crippen LogP contribution is 2.24. The van der Waals surface area contributed by atoms with Crippen molar-refractivity contribution in [3.8, 4) is 0 Å². The molecule has 1 aliphatic rings. The first-order valence-corrected chi connectivity index (χ1v) is 7.69. The van der Waals surface area contributed by atoms with E-state index in [4.69, 9.17) is 4.74 Å². The lowest BCUT2D eigenvalue weighted by molar-refractivity contribution is 0.0366. The highest BCUT2D eigenvalue weighted by molar-refractivity contribution is 4.95. The second-order valence-corrected chi connectivity index (χ2v) is 5.93. The number of hydrogen-bond donors (Lipinski definition) is 1. The maximum Gasteiger partial charge on any atom is 0.0637 e. The fourth-order valence-corrected chi connectivity index (χ4v) is 2.69. The van der Waals surface area contributed by atoms with Crippen LogP contribution in [0.25, 0.3) is 0 Å². The van der Waals surface area contributed by atoms with Gasteiger partial charge >= 0.3 is 0 Å². The molecule has 1 fully saturated rings. The summed E-state index contributed by atoms with van der Waals surface area (Å²) in [6.07, 6.45) is 4.98. The van der Waals surface area contributed by atoms with Crippen molar-refractivity contribution in [2.75, 3.05) is 32.8 Å². The minimum absolute atomic E-state index is 0.194. The van der Waals surface area contributed by atoms with E-state index in [-0.39, 0.29) is 5.54 Å². The van der Waals surface area contributed by atoms with Crippen LogP contribution >= 0.6 is 0 Å². The molecule has 1 unspecified atom stereocenters. The first kappa shape index (κ1) is 15.9. The monoisotopic (exact) mass is 256 g/mol. The molecule has 1 N–H and O–H groups in total. The van der Waals surface area contributed by atoms with Crippen LogP contribution < -0.4 is 5.32 Å². The Kier molecular flexibility index (Phi) is 7.20. The SMILES string of the molecule is CCCNC(COCCC)C(C)(C)N1CCCC1. The number of likely N-dealkylation sites (tertiary alicyclic amines) is 1. The highest BCUT2D eigenvalue weighted by Gasteiger charge is 2.36. The van der Waals surface area contributed by atoms with E-state index in [1.165, 1.54) is 32.4 Å². The molecule has 18 heavy (non-hydrogen) atoms. The molecule has 0 saturated carbocycles. The normalized spacial score (nSPS) is 19.3. The number of ether oxygens (including phenoxy) is 1. The van der Waals surface area contributed by atoms with Gasteiger partial charge in [0.2, 0.25) is 0 Å². The Balaban J connectivity index is 2.54. The molecule has 0 radical (unpaired) electrons. The smallest absolute Gasteiger partial charge is 0.0637 e. The van der Waals surface area contributed by atoms with Crippen molar-refractivity contribution in [3.63, 3.8) is 0 Å². The van der Waals surface area contributed by atoms with Crippen molar-refractivity contribution >= 4 is 0 Å². The summed E-state index contributed by atoms with van der Waals surface area (Å²) in [5, 5.41) is 3.68. The summed E-state index contributed by atoms with van der Waals surface area (Å²) in [7, 11) is 0. The zero-order valence-corrected chi connectivity index (χ0v) is 12.8. The number of nitrogens with one attached hydrogen (secondary N) is 1. The summed E-state index contributed by atoms with van der Waals surface area (Å²) < 4.78 is 5.80. The average Bonchev–Trinajstić information content (AvgIpc) is 2.87. The van der Waals surface area contributed by atoms with Gasteiger partial charge < -0.3 is 10.1 Å². The maximum absolute atomic E-state index is 5.80. The van der Waals surface area contributed by atoms with Gasteiger partial charge in [0.05, 0.1) is 6.61 Å². The zero-order chi connectivity index (χ0) is 13.4. The summed E-state index contributed by atoms with van der Waals surface area (Å²) in [6, 6.07) is 0.432. The van der Waals surface area contributed by atoms with Crippen LogP contribution in [0, 0.1) is 0 Å². The Hall–Kier alpha value is -0.120. The Morgan fingerprint density at radius 2 is 1.83 bits per heavy atom. The second-order valence-electron chi connectivity index (χ2n) is 5.93. The van der Waals surface area contributed by atoms with Crippen LogP contribution in [0.15, 0.2) is 0 Å². The third kappa shape index (κ3) is 4.52. The molecule has 0 aliphatic carbocycles. The van der Waals surface area contributed by atoms with Crippen LogP contribution in [-0.2, 0) is 4.74 Å². The largest absolute Gasteiger partial charge is 0.380 e. The van der Waals surface area contributed by atoms with Crippen LogP contribution in [-0.4, -0.2) is 49.3 Å². The standard InChI is InChI=1S/C15H32N2O/c1-5-9-16-14(13-18-12-6-2)15(3,4)17-10-7-8-11-17/h14,16H,5-13H2,1-4H3. The van der Waals surface area contributed by atoms with Gasteiger partial charge in [0, 0.05) is 18.2 Å². The lowest BCUT2D eigenvalue weighted by Gasteiger charge is -2.42. The van der Waals surface area contributed by atoms with Crippen LogP contribution in [0.4, 0.5) is 0 Å². The summed E-state index contributed by atoms with van der Waals surface area (Å²) in [5.41, 5.74) is 0.194. The molecule has 1 atom stereocenters. The first-order chi connectivity index (χ1) is 8.62. The van der Waals surface area contributed by atoms with Gasteiger partial charge in [0.15, 0.2) is 0 Å². The lowest BCUT2D eigenvalue weighted by Crippen LogP contribution is -2.59. The molecule has 0 bridgehead atoms. The van der Waals surface area contributed by atoms with Gasteiger partial charge in [0.25, 0.3) is 0 Å². The van der Waals surface area contributed by atoms with E-state index < -0.39 is 0 Å². The average molecular weight is 256 g/mol. The molecule has 1 saturated heterocycles. The molecule has 108 valence electrons. The van der Waals surface area contributed by atoms with E-state index in [1.807, 2.05) is 0 Å². The summed E-state index contributed by atoms with van der Waals surface area (Å²) in [4.78, 5) is 2.62. The Labute approximate surface area is 113 Å². The van der Waals surface area contributed by atoms with Crippen LogP contribution in [0.5, 0.6) is 0 Å². The van der Waals surface area contributed by atoms with Crippen LogP contribution in [0.3, 0.4) is 0 Å². The molecule has 3 heteroatoms. The predicted molar refractivity (Wildman–Crippen MR) is 78.1 cm³/mol. The summed E-state index contributed by atoms with van der Waals surface area (Å²) >= 11 is 0. The van der Waals surface area contributed by atoms with E-state index in [0.717, 1.165) is 26.2 Å². The third-order valence-electron chi connectivity index (χ3n) is 4.05. The van der Waals surface area contributed by atoms with Gasteiger partial charge in [-0.15, -0.1) is 0 Å². The predicted octanol–water partition coefficient (Wildman–Crippen LogP) is 2.66. The molecule has 0 aromatic heterocycles. The fourth-order valence-electron chi connectivity index (χ4n) is 2.69. The van der Waals surface area contributed by atoms with Gasteiger partial charge in [0.1, 0.15) is 0 Å². The Bertz CT molecular complexity index is 213. The molecule has 0 amide bonds. The van der Waals surface area contributed by atoms with E-state index in [2.05, 4.69) is 37.9 Å². The number of rotatable bonds is 9. The second kappa shape index (κ2) is 8.13.